The number of rotatable bonds is 1. The van der Waals surface area contributed by atoms with Crippen LogP contribution in [0.15, 0.2) is 42.6 Å². The number of anilines is 1. The van der Waals surface area contributed by atoms with Crippen LogP contribution in [-0.2, 0) is 0 Å². The molecule has 4 rings (SSSR count). The molecule has 1 fully saturated rings. The van der Waals surface area contributed by atoms with Crippen molar-refractivity contribution in [2.75, 3.05) is 25.9 Å². The third-order valence-corrected chi connectivity index (χ3v) is 4.61. The van der Waals surface area contributed by atoms with Crippen molar-refractivity contribution >= 4 is 28.3 Å². The van der Waals surface area contributed by atoms with Crippen molar-refractivity contribution in [3.05, 3.63) is 47.6 Å². The number of nitrogens with one attached hydrogen (secondary N) is 1. The van der Waals surface area contributed by atoms with Crippen LogP contribution >= 0.6 is 11.6 Å². The maximum Gasteiger partial charge on any atom is 0.139 e. The number of piperidine rings is 1. The van der Waals surface area contributed by atoms with Gasteiger partial charge in [0.1, 0.15) is 5.65 Å². The van der Waals surface area contributed by atoms with Crippen molar-refractivity contribution in [1.82, 2.24) is 14.9 Å². The quantitative estimate of drug-likeness (QED) is 0.637. The number of nitrogens with two attached hydrogens (primary N) is 1. The molecule has 1 aliphatic rings. The molecule has 0 aliphatic carbocycles. The topological polar surface area (TPSA) is 57.9 Å². The number of nitrogen functional groups attached to an aromatic ring is 1. The number of nitrogens with zero attached hydrogens (tertiary/aromatic N) is 2. The zero-order chi connectivity index (χ0) is 16.9. The molecule has 0 bridgehead atoms. The molecule has 1 aromatic carbocycles. The van der Waals surface area contributed by atoms with Crippen molar-refractivity contribution in [3.63, 3.8) is 0 Å². The van der Waals surface area contributed by atoms with Crippen LogP contribution in [0.2, 0.25) is 5.02 Å². The van der Waals surface area contributed by atoms with Crippen LogP contribution in [-0.4, -0.2) is 35.0 Å². The van der Waals surface area contributed by atoms with E-state index in [2.05, 4.69) is 21.9 Å². The molecule has 3 aromatic rings. The normalized spacial score (nSPS) is 15.1. The highest BCUT2D eigenvalue weighted by atomic mass is 35.5. The van der Waals surface area contributed by atoms with Gasteiger partial charge < -0.3 is 15.6 Å². The molecule has 3 N–H and O–H groups in total. The second kappa shape index (κ2) is 7.69. The predicted molar refractivity (Wildman–Crippen MR) is 102 cm³/mol. The molecular weight excluding hydrogens is 320 g/mol. The van der Waals surface area contributed by atoms with Gasteiger partial charge in [-0.05, 0) is 62.8 Å². The fourth-order valence-electron chi connectivity index (χ4n) is 2.86. The lowest BCUT2D eigenvalue weighted by Gasteiger charge is -2.20. The maximum atomic E-state index is 6.10. The number of benzene rings is 1. The monoisotopic (exact) mass is 342 g/mol. The van der Waals surface area contributed by atoms with Gasteiger partial charge in [0.05, 0.1) is 5.02 Å². The average Bonchev–Trinajstić information content (AvgIpc) is 3.02. The Morgan fingerprint density at radius 3 is 2.38 bits per heavy atom. The Labute approximate surface area is 147 Å². The number of aromatic nitrogens is 2. The van der Waals surface area contributed by atoms with E-state index in [1.807, 2.05) is 30.3 Å². The van der Waals surface area contributed by atoms with Gasteiger partial charge in [-0.2, -0.15) is 0 Å². The summed E-state index contributed by atoms with van der Waals surface area (Å²) in [5, 5.41) is 1.63. The summed E-state index contributed by atoms with van der Waals surface area (Å²) in [6.45, 7) is 2.64. The van der Waals surface area contributed by atoms with Crippen LogP contribution in [0.3, 0.4) is 0 Å². The molecule has 2 aromatic heterocycles. The lowest BCUT2D eigenvalue weighted by atomic mass is 10.1. The molecule has 0 atom stereocenters. The Hall–Kier alpha value is -2.04. The predicted octanol–water partition coefficient (Wildman–Crippen LogP) is 4.57. The third-order valence-electron chi connectivity index (χ3n) is 4.28. The molecule has 126 valence electrons. The molecular formula is C19H23ClN4. The van der Waals surface area contributed by atoms with E-state index in [0.717, 1.165) is 28.0 Å². The summed E-state index contributed by atoms with van der Waals surface area (Å²) in [5.74, 6) is 0. The van der Waals surface area contributed by atoms with Crippen molar-refractivity contribution < 1.29 is 0 Å². The molecule has 24 heavy (non-hydrogen) atoms. The summed E-state index contributed by atoms with van der Waals surface area (Å²) in [5.41, 5.74) is 9.26. The Morgan fingerprint density at radius 2 is 1.79 bits per heavy atom. The zero-order valence-corrected chi connectivity index (χ0v) is 14.7. The van der Waals surface area contributed by atoms with E-state index in [1.165, 1.54) is 32.4 Å². The minimum atomic E-state index is 0.702. The van der Waals surface area contributed by atoms with Crippen LogP contribution in [0.25, 0.3) is 22.3 Å². The van der Waals surface area contributed by atoms with E-state index in [4.69, 9.17) is 17.3 Å². The van der Waals surface area contributed by atoms with Gasteiger partial charge in [0.2, 0.25) is 0 Å². The molecule has 4 nitrogen and oxygen atoms in total. The highest BCUT2D eigenvalue weighted by Gasteiger charge is 2.06. The smallest absolute Gasteiger partial charge is 0.139 e. The molecule has 0 spiro atoms. The van der Waals surface area contributed by atoms with Gasteiger partial charge >= 0.3 is 0 Å². The SMILES string of the molecule is CN1CCCCC1.Nc1ccc(-c2cc3c(Cl)ccnc3[nH]2)cc1. The summed E-state index contributed by atoms with van der Waals surface area (Å²) >= 11 is 6.10. The standard InChI is InChI=1S/C13H10ClN3.C6H13N/c14-11-5-6-16-13-10(11)7-12(17-13)8-1-3-9(15)4-2-8;1-7-5-3-2-4-6-7/h1-7H,15H2,(H,16,17);2-6H2,1H3. The van der Waals surface area contributed by atoms with Gasteiger partial charge in [-0.15, -0.1) is 0 Å². The fraction of sp³-hybridized carbons (Fsp3) is 0.316. The minimum absolute atomic E-state index is 0.702. The highest BCUT2D eigenvalue weighted by Crippen LogP contribution is 2.27. The van der Waals surface area contributed by atoms with E-state index in [1.54, 1.807) is 12.3 Å². The summed E-state index contributed by atoms with van der Waals surface area (Å²) in [6.07, 6.45) is 5.96. The first-order valence-electron chi connectivity index (χ1n) is 8.31. The first-order valence-corrected chi connectivity index (χ1v) is 8.69. The summed E-state index contributed by atoms with van der Waals surface area (Å²) in [6, 6.07) is 11.5. The molecule has 0 amide bonds. The molecule has 0 saturated carbocycles. The maximum absolute atomic E-state index is 6.10. The third kappa shape index (κ3) is 4.08. The lowest BCUT2D eigenvalue weighted by Crippen LogP contribution is -2.24. The Kier molecular flexibility index (Phi) is 5.38. The largest absolute Gasteiger partial charge is 0.399 e. The van der Waals surface area contributed by atoms with E-state index in [-0.39, 0.29) is 0 Å². The summed E-state index contributed by atoms with van der Waals surface area (Å²) in [7, 11) is 2.19. The lowest BCUT2D eigenvalue weighted by molar-refractivity contribution is 0.277. The molecule has 5 heteroatoms. The van der Waals surface area contributed by atoms with Crippen LogP contribution < -0.4 is 5.73 Å². The number of halogens is 1. The number of hydrogen-bond acceptors (Lipinski definition) is 3. The van der Waals surface area contributed by atoms with E-state index < -0.39 is 0 Å². The van der Waals surface area contributed by atoms with Gasteiger partial charge in [-0.1, -0.05) is 30.2 Å². The molecule has 3 heterocycles. The van der Waals surface area contributed by atoms with Crippen LogP contribution in [0.4, 0.5) is 5.69 Å². The van der Waals surface area contributed by atoms with Crippen LogP contribution in [0.1, 0.15) is 19.3 Å². The molecule has 1 saturated heterocycles. The van der Waals surface area contributed by atoms with E-state index >= 15 is 0 Å². The molecule has 0 unspecified atom stereocenters. The van der Waals surface area contributed by atoms with Crippen molar-refractivity contribution in [1.29, 1.82) is 0 Å². The summed E-state index contributed by atoms with van der Waals surface area (Å²) < 4.78 is 0. The zero-order valence-electron chi connectivity index (χ0n) is 13.9. The second-order valence-corrected chi connectivity index (χ2v) is 6.63. The van der Waals surface area contributed by atoms with Crippen molar-refractivity contribution in [2.45, 2.75) is 19.3 Å². The number of aromatic amines is 1. The van der Waals surface area contributed by atoms with E-state index in [0.29, 0.717) is 5.02 Å². The van der Waals surface area contributed by atoms with Crippen LogP contribution in [0, 0.1) is 0 Å². The number of pyridine rings is 1. The molecule has 1 aliphatic heterocycles. The Balaban J connectivity index is 0.000000203. The number of likely N-dealkylation sites (tertiary alicyclic amines) is 1. The minimum Gasteiger partial charge on any atom is -0.399 e. The molecule has 0 radical (unpaired) electrons. The first kappa shape index (κ1) is 16.8. The van der Waals surface area contributed by atoms with Gasteiger partial charge in [-0.25, -0.2) is 4.98 Å². The van der Waals surface area contributed by atoms with Crippen LogP contribution in [0.5, 0.6) is 0 Å². The second-order valence-electron chi connectivity index (χ2n) is 6.22. The first-order chi connectivity index (χ1) is 11.6. The van der Waals surface area contributed by atoms with Gasteiger partial charge in [-0.3, -0.25) is 0 Å². The average molecular weight is 343 g/mol. The Morgan fingerprint density at radius 1 is 1.08 bits per heavy atom. The number of fused-ring (bicyclic) bond motifs is 1. The van der Waals surface area contributed by atoms with Crippen molar-refractivity contribution in [3.8, 4) is 11.3 Å². The van der Waals surface area contributed by atoms with E-state index in [9.17, 15) is 0 Å². The number of hydrogen-bond donors (Lipinski definition) is 2. The fourth-order valence-corrected chi connectivity index (χ4v) is 3.07. The van der Waals surface area contributed by atoms with Gasteiger partial charge in [0.15, 0.2) is 0 Å². The summed E-state index contributed by atoms with van der Waals surface area (Å²) in [4.78, 5) is 9.87. The highest BCUT2D eigenvalue weighted by molar-refractivity contribution is 6.35. The van der Waals surface area contributed by atoms with Crippen molar-refractivity contribution in [2.24, 2.45) is 0 Å². The van der Waals surface area contributed by atoms with Gasteiger partial charge in [0, 0.05) is 23.0 Å². The Bertz CT molecular complexity index is 789. The van der Waals surface area contributed by atoms with Gasteiger partial charge in [0.25, 0.3) is 0 Å². The number of H-pyrrole nitrogens is 1.